The topological polar surface area (TPSA) is 63.2 Å². The van der Waals surface area contributed by atoms with Gasteiger partial charge in [0.05, 0.1) is 5.75 Å². The number of rotatable bonds is 5. The Morgan fingerprint density at radius 2 is 1.74 bits per heavy atom. The molecular formula is C18H21NO3S. The Labute approximate surface area is 137 Å². The monoisotopic (exact) mass is 331 g/mol. The van der Waals surface area contributed by atoms with Crippen LogP contribution in [0, 0.1) is 20.8 Å². The molecule has 0 spiro atoms. The van der Waals surface area contributed by atoms with Gasteiger partial charge in [-0.15, -0.1) is 0 Å². The normalized spacial score (nSPS) is 11.3. The van der Waals surface area contributed by atoms with E-state index in [0.717, 1.165) is 16.7 Å². The number of aryl methyl sites for hydroxylation is 3. The Kier molecular flexibility index (Phi) is 5.21. The van der Waals surface area contributed by atoms with Gasteiger partial charge in [0.15, 0.2) is 9.84 Å². The zero-order valence-electron chi connectivity index (χ0n) is 13.6. The van der Waals surface area contributed by atoms with Crippen molar-refractivity contribution in [3.8, 4) is 0 Å². The quantitative estimate of drug-likeness (QED) is 0.915. The van der Waals surface area contributed by atoms with Crippen LogP contribution < -0.4 is 5.32 Å². The maximum absolute atomic E-state index is 12.2. The minimum absolute atomic E-state index is 0.130. The summed E-state index contributed by atoms with van der Waals surface area (Å²) in [5, 5.41) is 2.65. The third kappa shape index (κ3) is 5.21. The van der Waals surface area contributed by atoms with Crippen molar-refractivity contribution in [3.05, 3.63) is 64.7 Å². The van der Waals surface area contributed by atoms with Gasteiger partial charge in [0.1, 0.15) is 5.75 Å². The lowest BCUT2D eigenvalue weighted by atomic mass is 10.1. The zero-order chi connectivity index (χ0) is 17.0. The molecule has 0 aliphatic rings. The third-order valence-electron chi connectivity index (χ3n) is 3.61. The predicted molar refractivity (Wildman–Crippen MR) is 93.2 cm³/mol. The first-order valence-electron chi connectivity index (χ1n) is 7.38. The van der Waals surface area contributed by atoms with Gasteiger partial charge in [-0.3, -0.25) is 4.79 Å². The van der Waals surface area contributed by atoms with Crippen LogP contribution in [0.1, 0.15) is 22.3 Å². The lowest BCUT2D eigenvalue weighted by molar-refractivity contribution is -0.113. The molecule has 0 fully saturated rings. The van der Waals surface area contributed by atoms with Gasteiger partial charge in [-0.05, 0) is 49.6 Å². The molecule has 122 valence electrons. The van der Waals surface area contributed by atoms with Gasteiger partial charge in [0.2, 0.25) is 5.91 Å². The Hall–Kier alpha value is -2.14. The zero-order valence-corrected chi connectivity index (χ0v) is 14.4. The number of carbonyl (C=O) groups is 1. The lowest BCUT2D eigenvalue weighted by Crippen LogP contribution is -2.24. The summed E-state index contributed by atoms with van der Waals surface area (Å²) in [6, 6.07) is 12.8. The van der Waals surface area contributed by atoms with Crippen molar-refractivity contribution in [3.63, 3.8) is 0 Å². The van der Waals surface area contributed by atoms with E-state index >= 15 is 0 Å². The number of hydrogen-bond acceptors (Lipinski definition) is 3. The maximum atomic E-state index is 12.2. The third-order valence-corrected chi connectivity index (χ3v) is 5.09. The van der Waals surface area contributed by atoms with Crippen LogP contribution in [0.4, 0.5) is 5.69 Å². The van der Waals surface area contributed by atoms with E-state index in [1.54, 1.807) is 12.1 Å². The van der Waals surface area contributed by atoms with Crippen molar-refractivity contribution >= 4 is 21.4 Å². The Bertz CT molecular complexity index is 826. The number of anilines is 1. The fraction of sp³-hybridized carbons (Fsp3) is 0.278. The number of benzene rings is 2. The highest BCUT2D eigenvalue weighted by Gasteiger charge is 2.17. The molecule has 23 heavy (non-hydrogen) atoms. The molecule has 1 N–H and O–H groups in total. The largest absolute Gasteiger partial charge is 0.325 e. The molecular weight excluding hydrogens is 310 g/mol. The van der Waals surface area contributed by atoms with E-state index in [2.05, 4.69) is 5.32 Å². The summed E-state index contributed by atoms with van der Waals surface area (Å²) in [4.78, 5) is 12.0. The van der Waals surface area contributed by atoms with Crippen molar-refractivity contribution in [2.24, 2.45) is 0 Å². The van der Waals surface area contributed by atoms with Crippen molar-refractivity contribution in [1.29, 1.82) is 0 Å². The number of sulfone groups is 1. The molecule has 2 aromatic rings. The highest BCUT2D eigenvalue weighted by atomic mass is 32.2. The first-order valence-corrected chi connectivity index (χ1v) is 9.20. The molecule has 0 saturated carbocycles. The van der Waals surface area contributed by atoms with Gasteiger partial charge in [-0.2, -0.15) is 0 Å². The molecule has 2 aromatic carbocycles. The van der Waals surface area contributed by atoms with Crippen LogP contribution in [-0.4, -0.2) is 20.1 Å². The van der Waals surface area contributed by atoms with E-state index in [1.807, 2.05) is 51.1 Å². The average Bonchev–Trinajstić information content (AvgIpc) is 2.41. The molecule has 0 aliphatic carbocycles. The summed E-state index contributed by atoms with van der Waals surface area (Å²) >= 11 is 0. The van der Waals surface area contributed by atoms with Crippen molar-refractivity contribution in [2.75, 3.05) is 11.1 Å². The van der Waals surface area contributed by atoms with E-state index in [1.165, 1.54) is 0 Å². The first kappa shape index (κ1) is 17.2. The summed E-state index contributed by atoms with van der Waals surface area (Å²) < 4.78 is 24.3. The molecule has 0 heterocycles. The Morgan fingerprint density at radius 1 is 1.00 bits per heavy atom. The molecule has 0 unspecified atom stereocenters. The molecule has 0 saturated heterocycles. The summed E-state index contributed by atoms with van der Waals surface area (Å²) in [6.45, 7) is 5.83. The molecule has 0 aliphatic heterocycles. The van der Waals surface area contributed by atoms with Crippen LogP contribution in [0.5, 0.6) is 0 Å². The second kappa shape index (κ2) is 6.96. The van der Waals surface area contributed by atoms with Crippen LogP contribution in [0.15, 0.2) is 42.5 Å². The van der Waals surface area contributed by atoms with Crippen LogP contribution in [0.2, 0.25) is 0 Å². The van der Waals surface area contributed by atoms with E-state index in [-0.39, 0.29) is 5.75 Å². The summed E-state index contributed by atoms with van der Waals surface area (Å²) in [6.07, 6.45) is 0. The van der Waals surface area contributed by atoms with Crippen molar-refractivity contribution in [1.82, 2.24) is 0 Å². The smallest absolute Gasteiger partial charge is 0.239 e. The molecule has 1 amide bonds. The summed E-state index contributed by atoms with van der Waals surface area (Å²) in [5.41, 5.74) is 4.48. The van der Waals surface area contributed by atoms with Crippen molar-refractivity contribution < 1.29 is 13.2 Å². The average molecular weight is 331 g/mol. The maximum Gasteiger partial charge on any atom is 0.239 e. The van der Waals surface area contributed by atoms with E-state index < -0.39 is 21.5 Å². The molecule has 2 rings (SSSR count). The fourth-order valence-corrected chi connectivity index (χ4v) is 3.58. The van der Waals surface area contributed by atoms with E-state index in [0.29, 0.717) is 11.3 Å². The molecule has 0 bridgehead atoms. The minimum atomic E-state index is -3.50. The SMILES string of the molecule is Cc1cccc(CS(=O)(=O)CC(=O)Nc2ccc(C)c(C)c2)c1. The Morgan fingerprint density at radius 3 is 2.39 bits per heavy atom. The lowest BCUT2D eigenvalue weighted by Gasteiger charge is -2.09. The number of amides is 1. The predicted octanol–water partition coefficient (Wildman–Crippen LogP) is 3.17. The van der Waals surface area contributed by atoms with Gasteiger partial charge in [0.25, 0.3) is 0 Å². The second-order valence-corrected chi connectivity index (χ2v) is 7.93. The van der Waals surface area contributed by atoms with Crippen LogP contribution >= 0.6 is 0 Å². The highest BCUT2D eigenvalue weighted by molar-refractivity contribution is 7.91. The van der Waals surface area contributed by atoms with Gasteiger partial charge in [-0.1, -0.05) is 35.9 Å². The van der Waals surface area contributed by atoms with Crippen LogP contribution in [-0.2, 0) is 20.4 Å². The summed E-state index contributed by atoms with van der Waals surface area (Å²) in [7, 11) is -3.50. The molecule has 0 atom stereocenters. The Balaban J connectivity index is 2.02. The van der Waals surface area contributed by atoms with Gasteiger partial charge in [0, 0.05) is 5.69 Å². The van der Waals surface area contributed by atoms with Gasteiger partial charge in [-0.25, -0.2) is 8.42 Å². The molecule has 4 nitrogen and oxygen atoms in total. The van der Waals surface area contributed by atoms with Crippen molar-refractivity contribution in [2.45, 2.75) is 26.5 Å². The number of nitrogens with one attached hydrogen (secondary N) is 1. The van der Waals surface area contributed by atoms with E-state index in [9.17, 15) is 13.2 Å². The van der Waals surface area contributed by atoms with Crippen LogP contribution in [0.3, 0.4) is 0 Å². The van der Waals surface area contributed by atoms with Gasteiger partial charge >= 0.3 is 0 Å². The number of carbonyl (C=O) groups excluding carboxylic acids is 1. The standard InChI is InChI=1S/C18H21NO3S/c1-13-5-4-6-16(9-13)11-23(21,22)12-18(20)19-17-8-7-14(2)15(3)10-17/h4-10H,11-12H2,1-3H3,(H,19,20). The van der Waals surface area contributed by atoms with Gasteiger partial charge < -0.3 is 5.32 Å². The fourth-order valence-electron chi connectivity index (χ4n) is 2.32. The molecule has 0 radical (unpaired) electrons. The minimum Gasteiger partial charge on any atom is -0.325 e. The summed E-state index contributed by atoms with van der Waals surface area (Å²) in [5.74, 6) is -1.16. The molecule has 0 aromatic heterocycles. The van der Waals surface area contributed by atoms with E-state index in [4.69, 9.17) is 0 Å². The second-order valence-electron chi connectivity index (χ2n) is 5.87. The number of hydrogen-bond donors (Lipinski definition) is 1. The van der Waals surface area contributed by atoms with Crippen LogP contribution in [0.25, 0.3) is 0 Å². The molecule has 5 heteroatoms. The highest BCUT2D eigenvalue weighted by Crippen LogP contribution is 2.15. The first-order chi connectivity index (χ1) is 10.7.